The van der Waals surface area contributed by atoms with Gasteiger partial charge in [0.1, 0.15) is 5.15 Å². The molecule has 0 spiro atoms. The summed E-state index contributed by atoms with van der Waals surface area (Å²) in [5, 5.41) is 4.88. The molecule has 0 fully saturated rings. The first-order valence-corrected chi connectivity index (χ1v) is 7.93. The highest BCUT2D eigenvalue weighted by molar-refractivity contribution is 6.29. The van der Waals surface area contributed by atoms with Crippen molar-refractivity contribution in [3.05, 3.63) is 71.5 Å². The minimum Gasteiger partial charge on any atom is -0.266 e. The predicted molar refractivity (Wildman–Crippen MR) is 93.8 cm³/mol. The van der Waals surface area contributed by atoms with Gasteiger partial charge < -0.3 is 0 Å². The fourth-order valence-corrected chi connectivity index (χ4v) is 2.75. The van der Waals surface area contributed by atoms with Crippen molar-refractivity contribution in [3.8, 4) is 11.1 Å². The first-order chi connectivity index (χ1) is 11.7. The van der Waals surface area contributed by atoms with Crippen LogP contribution in [-0.4, -0.2) is 24.7 Å². The highest BCUT2D eigenvalue weighted by Gasteiger charge is 2.06. The van der Waals surface area contributed by atoms with E-state index < -0.39 is 0 Å². The lowest BCUT2D eigenvalue weighted by Gasteiger charge is -2.02. The van der Waals surface area contributed by atoms with Crippen LogP contribution in [-0.2, 0) is 6.54 Å². The molecule has 0 radical (unpaired) electrons. The third-order valence-electron chi connectivity index (χ3n) is 3.74. The van der Waals surface area contributed by atoms with E-state index in [-0.39, 0.29) is 0 Å². The van der Waals surface area contributed by atoms with Crippen LogP contribution in [0.15, 0.2) is 55.0 Å². The number of nitrogens with zero attached hydrogens (tertiary/aromatic N) is 5. The SMILES string of the molecule is Cc1cccc(Cn2cc(-c3cnc4ccc(Cl)nc4c3)cn2)n1. The van der Waals surface area contributed by atoms with Crippen LogP contribution in [0.25, 0.3) is 22.2 Å². The largest absolute Gasteiger partial charge is 0.266 e. The lowest BCUT2D eigenvalue weighted by atomic mass is 10.1. The molecule has 0 N–H and O–H groups in total. The van der Waals surface area contributed by atoms with Crippen molar-refractivity contribution in [1.29, 1.82) is 0 Å². The van der Waals surface area contributed by atoms with Gasteiger partial charge in [0.15, 0.2) is 0 Å². The van der Waals surface area contributed by atoms with E-state index in [1.807, 2.05) is 60.5 Å². The Kier molecular flexibility index (Phi) is 3.70. The molecule has 0 aliphatic rings. The van der Waals surface area contributed by atoms with Crippen molar-refractivity contribution in [2.45, 2.75) is 13.5 Å². The molecule has 4 rings (SSSR count). The van der Waals surface area contributed by atoms with Gasteiger partial charge in [-0.15, -0.1) is 0 Å². The Bertz CT molecular complexity index is 1020. The van der Waals surface area contributed by atoms with Crippen LogP contribution in [0.4, 0.5) is 0 Å². The lowest BCUT2D eigenvalue weighted by molar-refractivity contribution is 0.671. The average Bonchev–Trinajstić information content (AvgIpc) is 3.02. The van der Waals surface area contributed by atoms with Gasteiger partial charge in [0.05, 0.1) is 29.5 Å². The fraction of sp³-hybridized carbons (Fsp3) is 0.111. The molecular formula is C18H14ClN5. The van der Waals surface area contributed by atoms with Gasteiger partial charge in [0.2, 0.25) is 0 Å². The Balaban J connectivity index is 1.64. The number of hydrogen-bond donors (Lipinski definition) is 0. The van der Waals surface area contributed by atoms with E-state index in [0.717, 1.165) is 33.5 Å². The number of pyridine rings is 3. The quantitative estimate of drug-likeness (QED) is 0.533. The number of halogens is 1. The second-order valence-electron chi connectivity index (χ2n) is 5.59. The molecule has 5 nitrogen and oxygen atoms in total. The lowest BCUT2D eigenvalue weighted by Crippen LogP contribution is -2.02. The summed E-state index contributed by atoms with van der Waals surface area (Å²) in [5.74, 6) is 0. The van der Waals surface area contributed by atoms with Gasteiger partial charge in [-0.3, -0.25) is 14.6 Å². The third-order valence-corrected chi connectivity index (χ3v) is 3.95. The molecule has 0 aliphatic carbocycles. The Morgan fingerprint density at radius 3 is 2.79 bits per heavy atom. The zero-order valence-corrected chi connectivity index (χ0v) is 13.8. The van der Waals surface area contributed by atoms with E-state index in [1.165, 1.54) is 0 Å². The van der Waals surface area contributed by atoms with Crippen molar-refractivity contribution in [2.24, 2.45) is 0 Å². The zero-order valence-electron chi connectivity index (χ0n) is 13.0. The molecule has 0 saturated carbocycles. The molecule has 6 heteroatoms. The number of aromatic nitrogens is 5. The molecule has 24 heavy (non-hydrogen) atoms. The Labute approximate surface area is 144 Å². The zero-order chi connectivity index (χ0) is 16.5. The van der Waals surface area contributed by atoms with Crippen molar-refractivity contribution in [1.82, 2.24) is 24.7 Å². The maximum absolute atomic E-state index is 5.96. The van der Waals surface area contributed by atoms with E-state index in [0.29, 0.717) is 11.7 Å². The molecule has 118 valence electrons. The summed E-state index contributed by atoms with van der Waals surface area (Å²) in [7, 11) is 0. The third kappa shape index (κ3) is 2.98. The Morgan fingerprint density at radius 2 is 1.92 bits per heavy atom. The molecule has 0 amide bonds. The van der Waals surface area contributed by atoms with Crippen LogP contribution in [0.3, 0.4) is 0 Å². The van der Waals surface area contributed by atoms with Crippen LogP contribution >= 0.6 is 11.6 Å². The molecule has 4 aromatic rings. The van der Waals surface area contributed by atoms with Gasteiger partial charge in [-0.25, -0.2) is 4.98 Å². The van der Waals surface area contributed by atoms with Crippen molar-refractivity contribution in [3.63, 3.8) is 0 Å². The van der Waals surface area contributed by atoms with E-state index in [2.05, 4.69) is 20.1 Å². The van der Waals surface area contributed by atoms with Crippen LogP contribution in [0, 0.1) is 6.92 Å². The number of fused-ring (bicyclic) bond motifs is 1. The van der Waals surface area contributed by atoms with Gasteiger partial charge in [-0.1, -0.05) is 17.7 Å². The summed E-state index contributed by atoms with van der Waals surface area (Å²) >= 11 is 5.96. The summed E-state index contributed by atoms with van der Waals surface area (Å²) < 4.78 is 1.87. The summed E-state index contributed by atoms with van der Waals surface area (Å²) in [6.07, 6.45) is 5.63. The second-order valence-corrected chi connectivity index (χ2v) is 5.98. The highest BCUT2D eigenvalue weighted by Crippen LogP contribution is 2.22. The monoisotopic (exact) mass is 335 g/mol. The summed E-state index contributed by atoms with van der Waals surface area (Å²) in [5.41, 5.74) is 5.52. The molecule has 0 aliphatic heterocycles. The normalized spacial score (nSPS) is 11.1. The van der Waals surface area contributed by atoms with E-state index in [1.54, 1.807) is 6.07 Å². The van der Waals surface area contributed by atoms with Gasteiger partial charge >= 0.3 is 0 Å². The Morgan fingerprint density at radius 1 is 1.00 bits per heavy atom. The topological polar surface area (TPSA) is 56.5 Å². The summed E-state index contributed by atoms with van der Waals surface area (Å²) in [6, 6.07) is 11.6. The first kappa shape index (κ1) is 14.8. The van der Waals surface area contributed by atoms with Crippen LogP contribution < -0.4 is 0 Å². The van der Waals surface area contributed by atoms with Crippen molar-refractivity contribution in [2.75, 3.05) is 0 Å². The van der Waals surface area contributed by atoms with Gasteiger partial charge in [0.25, 0.3) is 0 Å². The molecule has 4 aromatic heterocycles. The molecule has 4 heterocycles. The van der Waals surface area contributed by atoms with Crippen molar-refractivity contribution < 1.29 is 0 Å². The Hall–Kier alpha value is -2.79. The molecule has 0 atom stereocenters. The molecule has 0 unspecified atom stereocenters. The number of aryl methyl sites for hydroxylation is 1. The van der Waals surface area contributed by atoms with Crippen LogP contribution in [0.5, 0.6) is 0 Å². The van der Waals surface area contributed by atoms with E-state index >= 15 is 0 Å². The first-order valence-electron chi connectivity index (χ1n) is 7.55. The highest BCUT2D eigenvalue weighted by atomic mass is 35.5. The standard InChI is InChI=1S/C18H14ClN5/c1-12-3-2-4-15(22-12)11-24-10-14(9-21-24)13-7-17-16(20-8-13)5-6-18(19)23-17/h2-10H,11H2,1H3. The van der Waals surface area contributed by atoms with E-state index in [4.69, 9.17) is 11.6 Å². The molecule has 0 bridgehead atoms. The van der Waals surface area contributed by atoms with E-state index in [9.17, 15) is 0 Å². The minimum absolute atomic E-state index is 0.461. The average molecular weight is 336 g/mol. The maximum Gasteiger partial charge on any atom is 0.129 e. The van der Waals surface area contributed by atoms with Gasteiger partial charge in [0, 0.05) is 29.2 Å². The van der Waals surface area contributed by atoms with Gasteiger partial charge in [-0.05, 0) is 37.3 Å². The molecule has 0 aromatic carbocycles. The summed E-state index contributed by atoms with van der Waals surface area (Å²) in [6.45, 7) is 2.61. The maximum atomic E-state index is 5.96. The second kappa shape index (κ2) is 6.02. The van der Waals surface area contributed by atoms with Crippen LogP contribution in [0.1, 0.15) is 11.4 Å². The fourth-order valence-electron chi connectivity index (χ4n) is 2.59. The smallest absolute Gasteiger partial charge is 0.129 e. The molecule has 0 saturated heterocycles. The van der Waals surface area contributed by atoms with Crippen LogP contribution in [0.2, 0.25) is 5.15 Å². The number of rotatable bonds is 3. The minimum atomic E-state index is 0.461. The predicted octanol–water partition coefficient (Wildman–Crippen LogP) is 3.90. The molecular weight excluding hydrogens is 322 g/mol. The summed E-state index contributed by atoms with van der Waals surface area (Å²) in [4.78, 5) is 13.2. The van der Waals surface area contributed by atoms with Gasteiger partial charge in [-0.2, -0.15) is 5.10 Å². The number of hydrogen-bond acceptors (Lipinski definition) is 4. The van der Waals surface area contributed by atoms with Crippen molar-refractivity contribution >= 4 is 22.6 Å².